The first-order valence-corrected chi connectivity index (χ1v) is 8.25. The number of phenolic OH excluding ortho intramolecular Hbond substituents is 1. The molecule has 1 N–H and O–H groups in total. The molecule has 1 fully saturated rings. The van der Waals surface area contributed by atoms with Crippen LogP contribution in [0.15, 0.2) is 36.4 Å². The van der Waals surface area contributed by atoms with Crippen LogP contribution < -0.4 is 0 Å². The summed E-state index contributed by atoms with van der Waals surface area (Å²) >= 11 is 8.25. The monoisotopic (exact) mass is 410 g/mol. The maximum atomic E-state index is 9.96. The minimum Gasteiger partial charge on any atom is -0.507 e. The van der Waals surface area contributed by atoms with E-state index < -0.39 is 0 Å². The number of nitrogens with zero attached hydrogens (tertiary/aromatic N) is 2. The predicted molar refractivity (Wildman–Crippen MR) is 92.8 cm³/mol. The van der Waals surface area contributed by atoms with E-state index in [0.29, 0.717) is 11.8 Å². The first-order chi connectivity index (χ1) is 10.1. The van der Waals surface area contributed by atoms with Crippen molar-refractivity contribution in [1.29, 1.82) is 0 Å². The summed E-state index contributed by atoms with van der Waals surface area (Å²) in [7, 11) is 0. The molecule has 4 rings (SSSR count). The largest absolute Gasteiger partial charge is 0.507 e. The fourth-order valence-corrected chi connectivity index (χ4v) is 3.13. The lowest BCUT2D eigenvalue weighted by Gasteiger charge is -2.08. The fraction of sp³-hybridized carbons (Fsp3) is 0.188. The van der Waals surface area contributed by atoms with E-state index in [1.165, 1.54) is 12.8 Å². The molecule has 0 radical (unpaired) electrons. The Morgan fingerprint density at radius 2 is 2.00 bits per heavy atom. The first-order valence-electron chi connectivity index (χ1n) is 6.80. The molecule has 5 heteroatoms. The Hall–Kier alpha value is -1.27. The van der Waals surface area contributed by atoms with E-state index in [4.69, 9.17) is 16.6 Å². The van der Waals surface area contributed by atoms with Crippen molar-refractivity contribution in [3.63, 3.8) is 0 Å². The number of hydrogen-bond acceptors (Lipinski definition) is 2. The minimum absolute atomic E-state index is 0.292. The van der Waals surface area contributed by atoms with Gasteiger partial charge in [0.15, 0.2) is 0 Å². The normalized spacial score (nSPS) is 14.8. The van der Waals surface area contributed by atoms with Gasteiger partial charge < -0.3 is 9.67 Å². The number of phenols is 1. The van der Waals surface area contributed by atoms with E-state index in [1.807, 2.05) is 30.3 Å². The summed E-state index contributed by atoms with van der Waals surface area (Å²) in [5.41, 5.74) is 2.95. The van der Waals surface area contributed by atoms with Gasteiger partial charge in [-0.25, -0.2) is 4.98 Å². The summed E-state index contributed by atoms with van der Waals surface area (Å²) in [4.78, 5) is 4.75. The van der Waals surface area contributed by atoms with E-state index in [9.17, 15) is 5.11 Å². The van der Waals surface area contributed by atoms with Crippen molar-refractivity contribution in [1.82, 2.24) is 9.55 Å². The van der Waals surface area contributed by atoms with Gasteiger partial charge >= 0.3 is 0 Å². The topological polar surface area (TPSA) is 38.1 Å². The van der Waals surface area contributed by atoms with Crippen molar-refractivity contribution < 1.29 is 5.11 Å². The molecule has 0 unspecified atom stereocenters. The number of hydrogen-bond donors (Lipinski definition) is 1. The van der Waals surface area contributed by atoms with Crippen molar-refractivity contribution in [2.24, 2.45) is 0 Å². The second kappa shape index (κ2) is 4.88. The van der Waals surface area contributed by atoms with Gasteiger partial charge in [0.2, 0.25) is 0 Å². The third kappa shape index (κ3) is 2.30. The lowest BCUT2D eigenvalue weighted by Crippen LogP contribution is -1.97. The second-order valence-corrected chi connectivity index (χ2v) is 6.93. The molecule has 1 aliphatic rings. The molecule has 21 heavy (non-hydrogen) atoms. The molecule has 1 saturated carbocycles. The molecule has 3 nitrogen and oxygen atoms in total. The van der Waals surface area contributed by atoms with Gasteiger partial charge in [-0.05, 0) is 71.8 Å². The van der Waals surface area contributed by atoms with Crippen molar-refractivity contribution >= 4 is 45.2 Å². The highest BCUT2D eigenvalue weighted by Gasteiger charge is 2.28. The standard InChI is InChI=1S/C16H12ClIN2O/c17-10-2-6-13-14(8-10)20(11-3-4-11)16(19-13)9-1-5-12(18)15(21)7-9/h1-2,5-8,11,21H,3-4H2. The Kier molecular flexibility index (Phi) is 3.11. The van der Waals surface area contributed by atoms with E-state index >= 15 is 0 Å². The van der Waals surface area contributed by atoms with Crippen molar-refractivity contribution in [3.05, 3.63) is 45.0 Å². The van der Waals surface area contributed by atoms with Crippen LogP contribution in [0.1, 0.15) is 18.9 Å². The van der Waals surface area contributed by atoms with Crippen molar-refractivity contribution in [2.75, 3.05) is 0 Å². The van der Waals surface area contributed by atoms with Crippen LogP contribution in [0.25, 0.3) is 22.4 Å². The average Bonchev–Trinajstić information content (AvgIpc) is 3.23. The minimum atomic E-state index is 0.292. The van der Waals surface area contributed by atoms with Crippen LogP contribution in [0.3, 0.4) is 0 Å². The van der Waals surface area contributed by atoms with Gasteiger partial charge in [0, 0.05) is 16.6 Å². The smallest absolute Gasteiger partial charge is 0.141 e. The van der Waals surface area contributed by atoms with Gasteiger partial charge in [0.05, 0.1) is 14.6 Å². The Bertz CT molecular complexity index is 855. The van der Waals surface area contributed by atoms with Gasteiger partial charge in [-0.15, -0.1) is 0 Å². The Labute approximate surface area is 140 Å². The van der Waals surface area contributed by atoms with Gasteiger partial charge in [0.25, 0.3) is 0 Å². The summed E-state index contributed by atoms with van der Waals surface area (Å²) in [6.45, 7) is 0. The highest BCUT2D eigenvalue weighted by atomic mass is 127. The molecule has 1 heterocycles. The highest BCUT2D eigenvalue weighted by molar-refractivity contribution is 14.1. The van der Waals surface area contributed by atoms with E-state index in [1.54, 1.807) is 6.07 Å². The molecule has 106 valence electrons. The Balaban J connectivity index is 1.99. The average molecular weight is 411 g/mol. The zero-order valence-electron chi connectivity index (χ0n) is 11.1. The Morgan fingerprint density at radius 1 is 1.19 bits per heavy atom. The first kappa shape index (κ1) is 13.4. The quantitative estimate of drug-likeness (QED) is 0.604. The predicted octanol–water partition coefficient (Wildman–Crippen LogP) is 5.00. The van der Waals surface area contributed by atoms with Crippen molar-refractivity contribution in [2.45, 2.75) is 18.9 Å². The maximum Gasteiger partial charge on any atom is 0.141 e. The summed E-state index contributed by atoms with van der Waals surface area (Å²) in [6.07, 6.45) is 2.34. The van der Waals surface area contributed by atoms with Crippen LogP contribution in [0.4, 0.5) is 0 Å². The number of halogens is 2. The molecule has 3 aromatic rings. The van der Waals surface area contributed by atoms with E-state index in [0.717, 1.165) is 31.0 Å². The molecule has 0 spiro atoms. The summed E-state index contributed by atoms with van der Waals surface area (Å²) in [5.74, 6) is 1.20. The van der Waals surface area contributed by atoms with Crippen LogP contribution in [-0.2, 0) is 0 Å². The number of benzene rings is 2. The fourth-order valence-electron chi connectivity index (χ4n) is 2.62. The van der Waals surface area contributed by atoms with Crippen LogP contribution in [0.2, 0.25) is 5.02 Å². The van der Waals surface area contributed by atoms with Gasteiger partial charge in [-0.2, -0.15) is 0 Å². The van der Waals surface area contributed by atoms with Gasteiger partial charge in [-0.3, -0.25) is 0 Å². The molecular formula is C16H12ClIN2O. The summed E-state index contributed by atoms with van der Waals surface area (Å²) < 4.78 is 3.09. The number of rotatable bonds is 2. The number of aromatic nitrogens is 2. The van der Waals surface area contributed by atoms with Crippen LogP contribution in [0, 0.1) is 3.57 Å². The maximum absolute atomic E-state index is 9.96. The molecule has 0 aliphatic heterocycles. The third-order valence-corrected chi connectivity index (χ3v) is 4.92. The molecular weight excluding hydrogens is 399 g/mol. The highest BCUT2D eigenvalue weighted by Crippen LogP contribution is 2.42. The molecule has 0 bridgehead atoms. The molecule has 0 amide bonds. The SMILES string of the molecule is Oc1cc(-c2nc3ccc(Cl)cc3n2C2CC2)ccc1I. The van der Waals surface area contributed by atoms with Crippen LogP contribution >= 0.6 is 34.2 Å². The Morgan fingerprint density at radius 3 is 2.71 bits per heavy atom. The number of imidazole rings is 1. The lowest BCUT2D eigenvalue weighted by atomic mass is 10.2. The second-order valence-electron chi connectivity index (χ2n) is 5.34. The zero-order valence-corrected chi connectivity index (χ0v) is 14.0. The van der Waals surface area contributed by atoms with Gasteiger partial charge in [0.1, 0.15) is 11.6 Å². The summed E-state index contributed by atoms with van der Waals surface area (Å²) in [5, 5.41) is 10.7. The van der Waals surface area contributed by atoms with Crippen molar-refractivity contribution in [3.8, 4) is 17.1 Å². The van der Waals surface area contributed by atoms with Crippen LogP contribution in [-0.4, -0.2) is 14.7 Å². The number of aromatic hydroxyl groups is 1. The molecule has 1 aromatic heterocycles. The third-order valence-electron chi connectivity index (χ3n) is 3.77. The van der Waals surface area contributed by atoms with Crippen LogP contribution in [0.5, 0.6) is 5.75 Å². The molecule has 0 saturated heterocycles. The lowest BCUT2D eigenvalue weighted by molar-refractivity contribution is 0.471. The van der Waals surface area contributed by atoms with Gasteiger partial charge in [-0.1, -0.05) is 11.6 Å². The molecule has 0 atom stereocenters. The zero-order chi connectivity index (χ0) is 14.6. The van der Waals surface area contributed by atoms with E-state index in [2.05, 4.69) is 27.2 Å². The number of fused-ring (bicyclic) bond motifs is 1. The molecule has 1 aliphatic carbocycles. The van der Waals surface area contributed by atoms with E-state index in [-0.39, 0.29) is 0 Å². The molecule has 2 aromatic carbocycles. The summed E-state index contributed by atoms with van der Waals surface area (Å²) in [6, 6.07) is 12.0.